The van der Waals surface area contributed by atoms with Gasteiger partial charge in [0.05, 0.1) is 12.7 Å². The van der Waals surface area contributed by atoms with E-state index in [4.69, 9.17) is 4.74 Å². The summed E-state index contributed by atoms with van der Waals surface area (Å²) >= 11 is 1.95. The molecule has 0 aromatic heterocycles. The molecule has 1 aliphatic carbocycles. The summed E-state index contributed by atoms with van der Waals surface area (Å²) in [5.41, 5.74) is 0.708. The smallest absolute Gasteiger partial charge is 0.123 e. The largest absolute Gasteiger partial charge is 0.496 e. The molecule has 3 rings (SSSR count). The summed E-state index contributed by atoms with van der Waals surface area (Å²) in [5, 5.41) is 14.6. The number of benzene rings is 1. The molecule has 0 radical (unpaired) electrons. The molecule has 1 aliphatic heterocycles. The Balaban J connectivity index is 1.75. The van der Waals surface area contributed by atoms with E-state index in [1.54, 1.807) is 7.11 Å². The number of para-hydroxylation sites is 1. The van der Waals surface area contributed by atoms with E-state index in [9.17, 15) is 5.11 Å². The fourth-order valence-electron chi connectivity index (χ4n) is 3.97. The van der Waals surface area contributed by atoms with Gasteiger partial charge in [0.15, 0.2) is 0 Å². The van der Waals surface area contributed by atoms with Gasteiger partial charge in [-0.25, -0.2) is 0 Å². The second-order valence-corrected chi connectivity index (χ2v) is 8.21. The van der Waals surface area contributed by atoms with Crippen molar-refractivity contribution in [1.29, 1.82) is 0 Å². The van der Waals surface area contributed by atoms with Crippen LogP contribution >= 0.6 is 11.8 Å². The van der Waals surface area contributed by atoms with Crippen molar-refractivity contribution in [2.45, 2.75) is 50.2 Å². The maximum Gasteiger partial charge on any atom is 0.123 e. The normalized spacial score (nSPS) is 22.9. The molecule has 2 aliphatic rings. The third kappa shape index (κ3) is 4.23. The van der Waals surface area contributed by atoms with Gasteiger partial charge in [0.2, 0.25) is 0 Å². The molecule has 1 saturated carbocycles. The SMILES string of the molecule is COc1ccccc1C(NCC1(O)CCSCC1)C1CCCC1. The van der Waals surface area contributed by atoms with Crippen molar-refractivity contribution >= 4 is 11.8 Å². The summed E-state index contributed by atoms with van der Waals surface area (Å²) in [6.07, 6.45) is 6.97. The predicted molar refractivity (Wildman–Crippen MR) is 97.2 cm³/mol. The van der Waals surface area contributed by atoms with Gasteiger partial charge in [-0.05, 0) is 49.2 Å². The monoisotopic (exact) mass is 335 g/mol. The highest BCUT2D eigenvalue weighted by atomic mass is 32.2. The van der Waals surface area contributed by atoms with Crippen molar-refractivity contribution in [3.8, 4) is 5.75 Å². The van der Waals surface area contributed by atoms with Crippen molar-refractivity contribution in [2.75, 3.05) is 25.2 Å². The Hall–Kier alpha value is -0.710. The number of hydrogen-bond donors (Lipinski definition) is 2. The van der Waals surface area contributed by atoms with Crippen molar-refractivity contribution in [3.63, 3.8) is 0 Å². The maximum atomic E-state index is 10.8. The zero-order chi connectivity index (χ0) is 16.1. The number of ether oxygens (including phenoxy) is 1. The van der Waals surface area contributed by atoms with Gasteiger partial charge in [-0.3, -0.25) is 0 Å². The molecule has 0 bridgehead atoms. The van der Waals surface area contributed by atoms with Gasteiger partial charge < -0.3 is 15.2 Å². The Labute approximate surface area is 144 Å². The minimum atomic E-state index is -0.538. The molecule has 128 valence electrons. The number of aliphatic hydroxyl groups is 1. The number of thioether (sulfide) groups is 1. The number of nitrogens with one attached hydrogen (secondary N) is 1. The highest BCUT2D eigenvalue weighted by molar-refractivity contribution is 7.99. The molecule has 1 unspecified atom stereocenters. The number of methoxy groups -OCH3 is 1. The van der Waals surface area contributed by atoms with E-state index in [1.165, 1.54) is 31.2 Å². The van der Waals surface area contributed by atoms with E-state index in [1.807, 2.05) is 23.9 Å². The molecular formula is C19H29NO2S. The Morgan fingerprint density at radius 1 is 1.26 bits per heavy atom. The molecule has 1 aromatic rings. The molecule has 0 amide bonds. The van der Waals surface area contributed by atoms with Crippen LogP contribution in [-0.4, -0.2) is 35.9 Å². The van der Waals surface area contributed by atoms with Gasteiger partial charge in [-0.15, -0.1) is 0 Å². The zero-order valence-electron chi connectivity index (χ0n) is 14.1. The van der Waals surface area contributed by atoms with Gasteiger partial charge in [-0.2, -0.15) is 11.8 Å². The first-order valence-corrected chi connectivity index (χ1v) is 10.0. The van der Waals surface area contributed by atoms with Gasteiger partial charge >= 0.3 is 0 Å². The fraction of sp³-hybridized carbons (Fsp3) is 0.684. The lowest BCUT2D eigenvalue weighted by atomic mass is 9.89. The summed E-state index contributed by atoms with van der Waals surface area (Å²) in [6.45, 7) is 0.687. The molecule has 2 fully saturated rings. The van der Waals surface area contributed by atoms with Gasteiger partial charge in [0, 0.05) is 18.2 Å². The number of rotatable bonds is 6. The molecule has 4 heteroatoms. The van der Waals surface area contributed by atoms with E-state index in [2.05, 4.69) is 17.4 Å². The quantitative estimate of drug-likeness (QED) is 0.830. The molecule has 2 N–H and O–H groups in total. The van der Waals surface area contributed by atoms with Crippen molar-refractivity contribution in [2.24, 2.45) is 5.92 Å². The van der Waals surface area contributed by atoms with Crippen molar-refractivity contribution < 1.29 is 9.84 Å². The van der Waals surface area contributed by atoms with Gasteiger partial charge in [-0.1, -0.05) is 31.0 Å². The lowest BCUT2D eigenvalue weighted by Crippen LogP contribution is -2.45. The molecule has 1 aromatic carbocycles. The van der Waals surface area contributed by atoms with E-state index >= 15 is 0 Å². The van der Waals surface area contributed by atoms with E-state index in [0.717, 1.165) is 30.1 Å². The topological polar surface area (TPSA) is 41.5 Å². The molecule has 0 spiro atoms. The summed E-state index contributed by atoms with van der Waals surface area (Å²) in [7, 11) is 1.75. The van der Waals surface area contributed by atoms with E-state index in [-0.39, 0.29) is 6.04 Å². The first-order chi connectivity index (χ1) is 11.2. The summed E-state index contributed by atoms with van der Waals surface area (Å²) < 4.78 is 5.60. The van der Waals surface area contributed by atoms with Crippen LogP contribution in [0.5, 0.6) is 5.75 Å². The first-order valence-electron chi connectivity index (χ1n) is 8.88. The molecule has 1 heterocycles. The van der Waals surface area contributed by atoms with E-state index in [0.29, 0.717) is 12.5 Å². The minimum Gasteiger partial charge on any atom is -0.496 e. The minimum absolute atomic E-state index is 0.284. The van der Waals surface area contributed by atoms with E-state index < -0.39 is 5.60 Å². The Morgan fingerprint density at radius 3 is 2.65 bits per heavy atom. The van der Waals surface area contributed by atoms with Crippen molar-refractivity contribution in [1.82, 2.24) is 5.32 Å². The molecule has 23 heavy (non-hydrogen) atoms. The van der Waals surface area contributed by atoms with Crippen LogP contribution < -0.4 is 10.1 Å². The molecule has 3 nitrogen and oxygen atoms in total. The summed E-state index contributed by atoms with van der Waals surface area (Å²) in [4.78, 5) is 0. The predicted octanol–water partition coefficient (Wildman–Crippen LogP) is 3.77. The number of hydrogen-bond acceptors (Lipinski definition) is 4. The van der Waals surface area contributed by atoms with Gasteiger partial charge in [0.25, 0.3) is 0 Å². The highest BCUT2D eigenvalue weighted by Crippen LogP contribution is 2.39. The van der Waals surface area contributed by atoms with Crippen LogP contribution in [0, 0.1) is 5.92 Å². The summed E-state index contributed by atoms with van der Waals surface area (Å²) in [5.74, 6) is 3.75. The van der Waals surface area contributed by atoms with Crippen LogP contribution in [-0.2, 0) is 0 Å². The Kier molecular flexibility index (Phi) is 5.89. The first kappa shape index (κ1) is 17.1. The van der Waals surface area contributed by atoms with Crippen LogP contribution in [0.15, 0.2) is 24.3 Å². The van der Waals surface area contributed by atoms with Crippen LogP contribution in [0.4, 0.5) is 0 Å². The lowest BCUT2D eigenvalue weighted by Gasteiger charge is -2.35. The lowest BCUT2D eigenvalue weighted by molar-refractivity contribution is 0.0274. The van der Waals surface area contributed by atoms with Crippen LogP contribution in [0.3, 0.4) is 0 Å². The summed E-state index contributed by atoms with van der Waals surface area (Å²) in [6, 6.07) is 8.63. The zero-order valence-corrected chi connectivity index (χ0v) is 14.9. The van der Waals surface area contributed by atoms with Crippen LogP contribution in [0.1, 0.15) is 50.1 Å². The van der Waals surface area contributed by atoms with Crippen molar-refractivity contribution in [3.05, 3.63) is 29.8 Å². The average molecular weight is 336 g/mol. The standard InChI is InChI=1S/C19H29NO2S/c1-22-17-9-5-4-8-16(17)18(15-6-2-3-7-15)20-14-19(21)10-12-23-13-11-19/h4-5,8-9,15,18,20-21H,2-3,6-7,10-14H2,1H3. The molecule has 1 atom stereocenters. The second-order valence-electron chi connectivity index (χ2n) is 6.98. The molecular weight excluding hydrogens is 306 g/mol. The third-order valence-corrected chi connectivity index (χ3v) is 6.41. The Bertz CT molecular complexity index is 496. The van der Waals surface area contributed by atoms with Gasteiger partial charge in [0.1, 0.15) is 5.75 Å². The van der Waals surface area contributed by atoms with Crippen LogP contribution in [0.2, 0.25) is 0 Å². The molecule has 1 saturated heterocycles. The Morgan fingerprint density at radius 2 is 1.96 bits per heavy atom. The second kappa shape index (κ2) is 7.91. The third-order valence-electron chi connectivity index (χ3n) is 5.42. The fourth-order valence-corrected chi connectivity index (χ4v) is 5.23. The average Bonchev–Trinajstić information content (AvgIpc) is 3.10. The van der Waals surface area contributed by atoms with Crippen LogP contribution in [0.25, 0.3) is 0 Å². The highest BCUT2D eigenvalue weighted by Gasteiger charge is 2.33. The maximum absolute atomic E-state index is 10.8.